The van der Waals surface area contributed by atoms with Crippen LogP contribution in [-0.4, -0.2) is 22.7 Å². The van der Waals surface area contributed by atoms with E-state index in [1.807, 2.05) is 46.8 Å². The lowest BCUT2D eigenvalue weighted by atomic mass is 9.78. The SMILES string of the molecule is CC(C)C(C(N)=O)C(CO)Cc1ccc(O)c(C(C)(C)C)c1. The van der Waals surface area contributed by atoms with E-state index in [2.05, 4.69) is 0 Å². The largest absolute Gasteiger partial charge is 0.508 e. The number of benzene rings is 1. The van der Waals surface area contributed by atoms with Crippen molar-refractivity contribution < 1.29 is 15.0 Å². The van der Waals surface area contributed by atoms with Crippen LogP contribution >= 0.6 is 0 Å². The summed E-state index contributed by atoms with van der Waals surface area (Å²) in [5.74, 6) is -0.600. The first-order valence-corrected chi connectivity index (χ1v) is 7.80. The summed E-state index contributed by atoms with van der Waals surface area (Å²) in [6.45, 7) is 9.91. The number of aliphatic hydroxyl groups excluding tert-OH is 1. The predicted octanol–water partition coefficient (Wildman–Crippen LogP) is 2.60. The van der Waals surface area contributed by atoms with Crippen molar-refractivity contribution in [2.75, 3.05) is 6.61 Å². The number of rotatable bonds is 6. The minimum atomic E-state index is -0.371. The average molecular weight is 307 g/mol. The van der Waals surface area contributed by atoms with Crippen molar-refractivity contribution in [1.29, 1.82) is 0 Å². The highest BCUT2D eigenvalue weighted by molar-refractivity contribution is 5.77. The third-order valence-electron chi connectivity index (χ3n) is 4.16. The number of carbonyl (C=O) groups is 1. The Bertz CT molecular complexity index is 518. The van der Waals surface area contributed by atoms with E-state index in [1.165, 1.54) is 0 Å². The molecule has 0 saturated carbocycles. The van der Waals surface area contributed by atoms with Crippen LogP contribution in [0.15, 0.2) is 18.2 Å². The maximum atomic E-state index is 11.7. The fourth-order valence-corrected chi connectivity index (χ4v) is 3.02. The van der Waals surface area contributed by atoms with Gasteiger partial charge in [-0.3, -0.25) is 4.79 Å². The molecule has 0 heterocycles. The molecule has 124 valence electrons. The summed E-state index contributed by atoms with van der Waals surface area (Å²) in [5, 5.41) is 19.7. The van der Waals surface area contributed by atoms with Gasteiger partial charge in [0.1, 0.15) is 5.75 Å². The van der Waals surface area contributed by atoms with Gasteiger partial charge in [0.2, 0.25) is 5.91 Å². The molecule has 0 saturated heterocycles. The number of hydrogen-bond donors (Lipinski definition) is 3. The van der Waals surface area contributed by atoms with E-state index < -0.39 is 0 Å². The number of phenols is 1. The molecule has 4 N–H and O–H groups in total. The predicted molar refractivity (Wildman–Crippen MR) is 88.6 cm³/mol. The van der Waals surface area contributed by atoms with Gasteiger partial charge in [0.05, 0.1) is 0 Å². The summed E-state index contributed by atoms with van der Waals surface area (Å²) in [6.07, 6.45) is 0.561. The fraction of sp³-hybridized carbons (Fsp3) is 0.611. The summed E-state index contributed by atoms with van der Waals surface area (Å²) in [7, 11) is 0. The summed E-state index contributed by atoms with van der Waals surface area (Å²) in [4.78, 5) is 11.7. The normalized spacial score (nSPS) is 14.9. The number of aliphatic hydroxyl groups is 1. The number of carbonyl (C=O) groups excluding carboxylic acids is 1. The number of nitrogens with two attached hydrogens (primary N) is 1. The van der Waals surface area contributed by atoms with Gasteiger partial charge in [-0.05, 0) is 40.9 Å². The molecule has 0 fully saturated rings. The lowest BCUT2D eigenvalue weighted by Crippen LogP contribution is -2.36. The van der Waals surface area contributed by atoms with Crippen LogP contribution in [-0.2, 0) is 16.6 Å². The van der Waals surface area contributed by atoms with Gasteiger partial charge in [0.25, 0.3) is 0 Å². The van der Waals surface area contributed by atoms with Crippen LogP contribution in [0.2, 0.25) is 0 Å². The van der Waals surface area contributed by atoms with E-state index in [-0.39, 0.29) is 41.4 Å². The Morgan fingerprint density at radius 2 is 1.86 bits per heavy atom. The van der Waals surface area contributed by atoms with E-state index in [9.17, 15) is 15.0 Å². The van der Waals surface area contributed by atoms with Crippen molar-refractivity contribution in [3.63, 3.8) is 0 Å². The zero-order valence-corrected chi connectivity index (χ0v) is 14.3. The van der Waals surface area contributed by atoms with Crippen LogP contribution in [0, 0.1) is 17.8 Å². The summed E-state index contributed by atoms with van der Waals surface area (Å²) in [5.41, 5.74) is 7.19. The van der Waals surface area contributed by atoms with Crippen LogP contribution in [0.1, 0.15) is 45.7 Å². The third-order valence-corrected chi connectivity index (χ3v) is 4.16. The lowest BCUT2D eigenvalue weighted by Gasteiger charge is -2.27. The van der Waals surface area contributed by atoms with Crippen LogP contribution in [0.25, 0.3) is 0 Å². The second kappa shape index (κ2) is 7.14. The molecule has 1 rings (SSSR count). The summed E-state index contributed by atoms with van der Waals surface area (Å²) in [6, 6.07) is 5.47. The second-order valence-corrected chi connectivity index (χ2v) is 7.42. The van der Waals surface area contributed by atoms with Gasteiger partial charge in [-0.15, -0.1) is 0 Å². The number of primary amides is 1. The Balaban J connectivity index is 3.09. The van der Waals surface area contributed by atoms with E-state index in [4.69, 9.17) is 5.73 Å². The quantitative estimate of drug-likeness (QED) is 0.755. The van der Waals surface area contributed by atoms with Gasteiger partial charge in [-0.1, -0.05) is 46.8 Å². The Hall–Kier alpha value is -1.55. The number of phenolic OH excluding ortho intramolecular Hbond substituents is 1. The van der Waals surface area contributed by atoms with Crippen molar-refractivity contribution in [3.8, 4) is 5.75 Å². The molecule has 1 aromatic carbocycles. The molecule has 2 atom stereocenters. The molecule has 0 spiro atoms. The first kappa shape index (κ1) is 18.5. The molecule has 0 aromatic heterocycles. The molecule has 0 aliphatic carbocycles. The maximum absolute atomic E-state index is 11.7. The van der Waals surface area contributed by atoms with Gasteiger partial charge in [-0.2, -0.15) is 0 Å². The van der Waals surface area contributed by atoms with Crippen LogP contribution < -0.4 is 5.73 Å². The first-order chi connectivity index (χ1) is 10.1. The minimum absolute atomic E-state index is 0.0776. The molecule has 22 heavy (non-hydrogen) atoms. The van der Waals surface area contributed by atoms with Crippen LogP contribution in [0.3, 0.4) is 0 Å². The molecule has 1 amide bonds. The number of aromatic hydroxyl groups is 1. The van der Waals surface area contributed by atoms with Gasteiger partial charge in [-0.25, -0.2) is 0 Å². The van der Waals surface area contributed by atoms with Crippen molar-refractivity contribution >= 4 is 5.91 Å². The van der Waals surface area contributed by atoms with Gasteiger partial charge in [0, 0.05) is 12.5 Å². The third kappa shape index (κ3) is 4.47. The molecule has 0 aliphatic heterocycles. The smallest absolute Gasteiger partial charge is 0.221 e. The minimum Gasteiger partial charge on any atom is -0.508 e. The van der Waals surface area contributed by atoms with E-state index >= 15 is 0 Å². The highest BCUT2D eigenvalue weighted by Crippen LogP contribution is 2.33. The van der Waals surface area contributed by atoms with Crippen LogP contribution in [0.4, 0.5) is 0 Å². The molecule has 4 heteroatoms. The van der Waals surface area contributed by atoms with Gasteiger partial charge < -0.3 is 15.9 Å². The van der Waals surface area contributed by atoms with E-state index in [0.717, 1.165) is 11.1 Å². The highest BCUT2D eigenvalue weighted by atomic mass is 16.3. The summed E-state index contributed by atoms with van der Waals surface area (Å²) < 4.78 is 0. The molecule has 0 radical (unpaired) electrons. The second-order valence-electron chi connectivity index (χ2n) is 7.42. The highest BCUT2D eigenvalue weighted by Gasteiger charge is 2.29. The average Bonchev–Trinajstić information content (AvgIpc) is 2.37. The Morgan fingerprint density at radius 3 is 2.27 bits per heavy atom. The van der Waals surface area contributed by atoms with Crippen molar-refractivity contribution in [2.45, 2.75) is 46.5 Å². The van der Waals surface area contributed by atoms with Crippen LogP contribution in [0.5, 0.6) is 5.75 Å². The maximum Gasteiger partial charge on any atom is 0.221 e. The Kier molecular flexibility index (Phi) is 6.00. The topological polar surface area (TPSA) is 83.6 Å². The summed E-state index contributed by atoms with van der Waals surface area (Å²) >= 11 is 0. The van der Waals surface area contributed by atoms with Crippen molar-refractivity contribution in [3.05, 3.63) is 29.3 Å². The Morgan fingerprint density at radius 1 is 1.27 bits per heavy atom. The molecular weight excluding hydrogens is 278 g/mol. The van der Waals surface area contributed by atoms with Gasteiger partial charge >= 0.3 is 0 Å². The fourth-order valence-electron chi connectivity index (χ4n) is 3.02. The monoisotopic (exact) mass is 307 g/mol. The Labute approximate surface area is 133 Å². The number of amides is 1. The zero-order valence-electron chi connectivity index (χ0n) is 14.3. The van der Waals surface area contributed by atoms with Gasteiger partial charge in [0.15, 0.2) is 0 Å². The molecular formula is C18H29NO3. The van der Waals surface area contributed by atoms with Crippen molar-refractivity contribution in [1.82, 2.24) is 0 Å². The lowest BCUT2D eigenvalue weighted by molar-refractivity contribution is -0.125. The molecule has 1 aromatic rings. The molecule has 0 bridgehead atoms. The molecule has 0 aliphatic rings. The van der Waals surface area contributed by atoms with E-state index in [1.54, 1.807) is 6.07 Å². The molecule has 2 unspecified atom stereocenters. The first-order valence-electron chi connectivity index (χ1n) is 7.80. The molecule has 4 nitrogen and oxygen atoms in total. The number of hydrogen-bond acceptors (Lipinski definition) is 3. The standard InChI is InChI=1S/C18H29NO3/c1-11(2)16(17(19)22)13(10-20)8-12-6-7-15(21)14(9-12)18(3,4)5/h6-7,9,11,13,16,20-21H,8,10H2,1-5H3,(H2,19,22). The van der Waals surface area contributed by atoms with E-state index in [0.29, 0.717) is 6.42 Å². The van der Waals surface area contributed by atoms with Crippen molar-refractivity contribution in [2.24, 2.45) is 23.5 Å². The zero-order chi connectivity index (χ0) is 17.1.